The number of hydrogen-bond acceptors (Lipinski definition) is 6. The second-order valence-corrected chi connectivity index (χ2v) is 7.81. The van der Waals surface area contributed by atoms with Gasteiger partial charge in [-0.2, -0.15) is 4.39 Å². The Labute approximate surface area is 183 Å². The minimum Gasteiger partial charge on any atom is -0.494 e. The SMILES string of the molecule is CC[C@H]1O[C@@](OC)(c2ccc(Cl)c(Cc3ccc(OC)c(F)c3F)c2)[C@H](O)[C@@H](O)[C@@H]1O. The third kappa shape index (κ3) is 4.16. The molecule has 0 aromatic heterocycles. The highest BCUT2D eigenvalue weighted by Gasteiger charge is 2.54. The molecule has 31 heavy (non-hydrogen) atoms. The molecule has 170 valence electrons. The van der Waals surface area contributed by atoms with E-state index in [-0.39, 0.29) is 22.8 Å². The molecule has 0 unspecified atom stereocenters. The van der Waals surface area contributed by atoms with E-state index in [1.54, 1.807) is 13.0 Å². The van der Waals surface area contributed by atoms with E-state index in [4.69, 9.17) is 25.8 Å². The lowest BCUT2D eigenvalue weighted by Crippen LogP contribution is -2.63. The van der Waals surface area contributed by atoms with Crippen molar-refractivity contribution in [1.82, 2.24) is 0 Å². The summed E-state index contributed by atoms with van der Waals surface area (Å²) in [5.41, 5.74) is 0.778. The molecule has 1 fully saturated rings. The van der Waals surface area contributed by atoms with Crippen LogP contribution in [-0.2, 0) is 21.7 Å². The Morgan fingerprint density at radius 3 is 2.35 bits per heavy atom. The van der Waals surface area contributed by atoms with Crippen LogP contribution in [0.25, 0.3) is 0 Å². The number of ether oxygens (including phenoxy) is 3. The maximum absolute atomic E-state index is 14.5. The van der Waals surface area contributed by atoms with Gasteiger partial charge in [-0.3, -0.25) is 0 Å². The van der Waals surface area contributed by atoms with Crippen molar-refractivity contribution in [3.63, 3.8) is 0 Å². The lowest BCUT2D eigenvalue weighted by molar-refractivity contribution is -0.363. The molecular formula is C22H25ClF2O6. The molecule has 1 heterocycles. The summed E-state index contributed by atoms with van der Waals surface area (Å²) in [5.74, 6) is -4.16. The van der Waals surface area contributed by atoms with E-state index in [2.05, 4.69) is 0 Å². The lowest BCUT2D eigenvalue weighted by atomic mass is 9.86. The first-order valence-electron chi connectivity index (χ1n) is 9.77. The number of benzene rings is 2. The predicted molar refractivity (Wildman–Crippen MR) is 109 cm³/mol. The fraction of sp³-hybridized carbons (Fsp3) is 0.455. The van der Waals surface area contributed by atoms with Crippen LogP contribution >= 0.6 is 11.6 Å². The summed E-state index contributed by atoms with van der Waals surface area (Å²) in [6, 6.07) is 7.30. The van der Waals surface area contributed by atoms with Crippen LogP contribution in [0.3, 0.4) is 0 Å². The standard InChI is InChI=1S/C22H25ClF2O6/c1-4-15-19(26)20(27)21(28)22(30-3,31-15)13-6-7-14(23)12(10-13)9-11-5-8-16(29-2)18(25)17(11)24/h5-8,10,15,19-21,26-28H,4,9H2,1-3H3/t15-,19-,20+,21-,22+/m1/s1. The number of methoxy groups -OCH3 is 2. The highest BCUT2D eigenvalue weighted by atomic mass is 35.5. The van der Waals surface area contributed by atoms with Gasteiger partial charge in [-0.05, 0) is 35.7 Å². The van der Waals surface area contributed by atoms with Crippen molar-refractivity contribution in [2.45, 2.75) is 50.0 Å². The van der Waals surface area contributed by atoms with Gasteiger partial charge < -0.3 is 29.5 Å². The number of halogens is 3. The van der Waals surface area contributed by atoms with Crippen LogP contribution < -0.4 is 4.74 Å². The Morgan fingerprint density at radius 1 is 1.03 bits per heavy atom. The van der Waals surface area contributed by atoms with Crippen LogP contribution in [0.2, 0.25) is 5.02 Å². The number of rotatable bonds is 6. The summed E-state index contributed by atoms with van der Waals surface area (Å²) in [6.07, 6.45) is -4.94. The second-order valence-electron chi connectivity index (χ2n) is 7.40. The van der Waals surface area contributed by atoms with E-state index in [1.807, 2.05) is 0 Å². The van der Waals surface area contributed by atoms with Gasteiger partial charge in [0.2, 0.25) is 11.6 Å². The van der Waals surface area contributed by atoms with Gasteiger partial charge in [0.05, 0.1) is 13.2 Å². The third-order valence-electron chi connectivity index (χ3n) is 5.65. The summed E-state index contributed by atoms with van der Waals surface area (Å²) >= 11 is 6.29. The summed E-state index contributed by atoms with van der Waals surface area (Å²) < 4.78 is 44.8. The van der Waals surface area contributed by atoms with Crippen LogP contribution in [0.4, 0.5) is 8.78 Å². The molecular weight excluding hydrogens is 434 g/mol. The largest absolute Gasteiger partial charge is 0.494 e. The molecule has 0 aliphatic carbocycles. The van der Waals surface area contributed by atoms with Gasteiger partial charge in [0.1, 0.15) is 18.3 Å². The molecule has 6 nitrogen and oxygen atoms in total. The molecule has 1 aliphatic heterocycles. The lowest BCUT2D eigenvalue weighted by Gasteiger charge is -2.48. The van der Waals surface area contributed by atoms with Crippen molar-refractivity contribution in [3.05, 3.63) is 63.7 Å². The van der Waals surface area contributed by atoms with Gasteiger partial charge >= 0.3 is 0 Å². The highest BCUT2D eigenvalue weighted by Crippen LogP contribution is 2.41. The molecule has 1 aliphatic rings. The van der Waals surface area contributed by atoms with Crippen molar-refractivity contribution in [3.8, 4) is 5.75 Å². The van der Waals surface area contributed by atoms with Gasteiger partial charge in [0, 0.05) is 24.1 Å². The van der Waals surface area contributed by atoms with Gasteiger partial charge in [0.15, 0.2) is 11.6 Å². The maximum Gasteiger partial charge on any atom is 0.224 e. The molecule has 5 atom stereocenters. The van der Waals surface area contributed by atoms with E-state index in [0.717, 1.165) is 0 Å². The number of aliphatic hydroxyl groups is 3. The van der Waals surface area contributed by atoms with E-state index < -0.39 is 41.8 Å². The number of aliphatic hydroxyl groups excluding tert-OH is 3. The zero-order chi connectivity index (χ0) is 22.9. The summed E-state index contributed by atoms with van der Waals surface area (Å²) in [7, 11) is 2.54. The molecule has 0 bridgehead atoms. The molecule has 0 saturated carbocycles. The van der Waals surface area contributed by atoms with E-state index in [1.165, 1.54) is 38.5 Å². The molecule has 2 aromatic rings. The van der Waals surface area contributed by atoms with Crippen LogP contribution in [0, 0.1) is 11.6 Å². The van der Waals surface area contributed by atoms with Crippen molar-refractivity contribution >= 4 is 11.6 Å². The average molecular weight is 459 g/mol. The normalized spacial score (nSPS) is 28.5. The first-order chi connectivity index (χ1) is 14.7. The highest BCUT2D eigenvalue weighted by molar-refractivity contribution is 6.31. The molecule has 3 N–H and O–H groups in total. The molecule has 0 amide bonds. The molecule has 0 spiro atoms. The van der Waals surface area contributed by atoms with Crippen LogP contribution in [0.15, 0.2) is 30.3 Å². The Morgan fingerprint density at radius 2 is 1.74 bits per heavy atom. The smallest absolute Gasteiger partial charge is 0.224 e. The van der Waals surface area contributed by atoms with Crippen molar-refractivity contribution < 1.29 is 38.3 Å². The van der Waals surface area contributed by atoms with Gasteiger partial charge in [-0.25, -0.2) is 4.39 Å². The Bertz CT molecular complexity index is 940. The van der Waals surface area contributed by atoms with E-state index >= 15 is 0 Å². The molecule has 2 aromatic carbocycles. The fourth-order valence-electron chi connectivity index (χ4n) is 3.84. The minimum absolute atomic E-state index is 0.0517. The van der Waals surface area contributed by atoms with Crippen LogP contribution in [0.1, 0.15) is 30.0 Å². The minimum atomic E-state index is -1.79. The van der Waals surface area contributed by atoms with Crippen molar-refractivity contribution in [2.75, 3.05) is 14.2 Å². The zero-order valence-electron chi connectivity index (χ0n) is 17.3. The van der Waals surface area contributed by atoms with Gasteiger partial charge in [0.25, 0.3) is 0 Å². The van der Waals surface area contributed by atoms with Crippen LogP contribution in [0.5, 0.6) is 5.75 Å². The predicted octanol–water partition coefficient (Wildman–Crippen LogP) is 2.91. The quantitative estimate of drug-likeness (QED) is 0.617. The molecule has 0 radical (unpaired) electrons. The first-order valence-corrected chi connectivity index (χ1v) is 10.1. The first kappa shape index (κ1) is 23.8. The van der Waals surface area contributed by atoms with Crippen molar-refractivity contribution in [1.29, 1.82) is 0 Å². The Balaban J connectivity index is 2.03. The van der Waals surface area contributed by atoms with Crippen LogP contribution in [-0.4, -0.2) is 54.0 Å². The Hall–Kier alpha value is -1.81. The van der Waals surface area contributed by atoms with Gasteiger partial charge in [-0.1, -0.05) is 30.7 Å². The summed E-state index contributed by atoms with van der Waals surface area (Å²) in [4.78, 5) is 0. The zero-order valence-corrected chi connectivity index (χ0v) is 18.1. The Kier molecular flexibility index (Phi) is 7.20. The average Bonchev–Trinajstić information content (AvgIpc) is 2.77. The fourth-order valence-corrected chi connectivity index (χ4v) is 4.03. The summed E-state index contributed by atoms with van der Waals surface area (Å²) in [5, 5.41) is 31.5. The molecule has 9 heteroatoms. The van der Waals surface area contributed by atoms with E-state index in [9.17, 15) is 24.1 Å². The second kappa shape index (κ2) is 9.36. The summed E-state index contributed by atoms with van der Waals surface area (Å²) in [6.45, 7) is 1.76. The van der Waals surface area contributed by atoms with Gasteiger partial charge in [-0.15, -0.1) is 0 Å². The monoisotopic (exact) mass is 458 g/mol. The maximum atomic E-state index is 14.5. The topological polar surface area (TPSA) is 88.4 Å². The van der Waals surface area contributed by atoms with E-state index in [0.29, 0.717) is 17.5 Å². The van der Waals surface area contributed by atoms with Crippen molar-refractivity contribution in [2.24, 2.45) is 0 Å². The number of hydrogen-bond donors (Lipinski definition) is 3. The molecule has 3 rings (SSSR count). The molecule has 1 saturated heterocycles. The third-order valence-corrected chi connectivity index (χ3v) is 6.02.